The average molecular weight is 919 g/mol. The molecule has 298 valence electrons. The molecule has 2 amide bonds. The molecular formula is C54H42N2O2P2Pd+2. The van der Waals surface area contributed by atoms with Gasteiger partial charge in [0.2, 0.25) is 0 Å². The molecule has 0 unspecified atom stereocenters. The molecule has 0 N–H and O–H groups in total. The normalized spacial score (nSPS) is 17.1. The Kier molecular flexibility index (Phi) is 12.0. The minimum Gasteiger partial charge on any atom is -0.647 e. The molecule has 8 aromatic carbocycles. The minimum absolute atomic E-state index is 0. The molecule has 0 saturated carbocycles. The van der Waals surface area contributed by atoms with Gasteiger partial charge in [-0.05, 0) is 107 Å². The van der Waals surface area contributed by atoms with E-state index in [0.29, 0.717) is 11.1 Å². The van der Waals surface area contributed by atoms with Crippen LogP contribution in [0.15, 0.2) is 218 Å². The molecule has 2 bridgehead atoms. The van der Waals surface area contributed by atoms with E-state index in [4.69, 9.17) is 10.6 Å². The molecule has 4 nitrogen and oxygen atoms in total. The summed E-state index contributed by atoms with van der Waals surface area (Å²) in [6.45, 7) is 0. The van der Waals surface area contributed by atoms with Crippen LogP contribution in [0.25, 0.3) is 10.6 Å². The Bertz CT molecular complexity index is 2490. The van der Waals surface area contributed by atoms with Crippen LogP contribution in [0.5, 0.6) is 0 Å². The Morgan fingerprint density at radius 3 is 0.869 bits per heavy atom. The first kappa shape index (κ1) is 40.6. The van der Waals surface area contributed by atoms with Crippen LogP contribution in [0.1, 0.15) is 54.8 Å². The van der Waals surface area contributed by atoms with Crippen LogP contribution < -0.4 is 31.8 Å². The van der Waals surface area contributed by atoms with Gasteiger partial charge in [-0.25, -0.2) is 0 Å². The predicted molar refractivity (Wildman–Crippen MR) is 253 cm³/mol. The zero-order valence-corrected chi connectivity index (χ0v) is 36.7. The third kappa shape index (κ3) is 7.74. The second kappa shape index (κ2) is 18.1. The minimum atomic E-state index is -1.58. The van der Waals surface area contributed by atoms with Gasteiger partial charge in [-0.2, -0.15) is 0 Å². The van der Waals surface area contributed by atoms with Gasteiger partial charge < -0.3 is 20.2 Å². The van der Waals surface area contributed by atoms with E-state index in [0.717, 1.165) is 32.9 Å². The van der Waals surface area contributed by atoms with Crippen LogP contribution in [0, 0.1) is 0 Å². The van der Waals surface area contributed by atoms with Gasteiger partial charge >= 0.3 is 20.4 Å². The van der Waals surface area contributed by atoms with Gasteiger partial charge in [0.1, 0.15) is 31.8 Å². The summed E-state index contributed by atoms with van der Waals surface area (Å²) in [6.07, 6.45) is 0. The van der Waals surface area contributed by atoms with Crippen molar-refractivity contribution in [2.24, 2.45) is 0 Å². The van der Waals surface area contributed by atoms with Gasteiger partial charge in [-0.3, -0.25) is 0 Å². The van der Waals surface area contributed by atoms with Gasteiger partial charge in [0.05, 0.1) is 27.7 Å². The molecule has 0 saturated heterocycles. The zero-order valence-electron chi connectivity index (χ0n) is 33.1. The summed E-state index contributed by atoms with van der Waals surface area (Å²) in [4.78, 5) is 30.2. The van der Waals surface area contributed by atoms with Gasteiger partial charge in [0.25, 0.3) is 0 Å². The molecule has 0 aliphatic heterocycles. The molecule has 0 fully saturated rings. The van der Waals surface area contributed by atoms with Crippen molar-refractivity contribution in [1.82, 2.24) is 0 Å². The first-order valence-electron chi connectivity index (χ1n) is 20.5. The molecule has 0 heterocycles. The molecule has 8 aromatic rings. The number of rotatable bonds is 10. The summed E-state index contributed by atoms with van der Waals surface area (Å²) < 4.78 is 0. The number of carbonyl (C=O) groups excluding carboxylic acids is 2. The Morgan fingerprint density at radius 1 is 0.328 bits per heavy atom. The van der Waals surface area contributed by atoms with E-state index < -0.39 is 27.9 Å². The Morgan fingerprint density at radius 2 is 0.574 bits per heavy atom. The molecule has 3 aliphatic carbocycles. The second-order valence-electron chi connectivity index (χ2n) is 15.4. The Balaban J connectivity index is 0.00000476. The van der Waals surface area contributed by atoms with Crippen LogP contribution in [-0.4, -0.2) is 23.9 Å². The quantitative estimate of drug-likeness (QED) is 0.102. The second-order valence-corrected chi connectivity index (χ2v) is 20.3. The molecule has 61 heavy (non-hydrogen) atoms. The largest absolute Gasteiger partial charge is 2.00 e. The molecule has 0 aromatic heterocycles. The molecule has 7 heteroatoms. The predicted octanol–water partition coefficient (Wildman–Crippen LogP) is 9.42. The Labute approximate surface area is 373 Å². The van der Waals surface area contributed by atoms with Crippen LogP contribution in [-0.2, 0) is 20.4 Å². The van der Waals surface area contributed by atoms with Crippen molar-refractivity contribution in [1.29, 1.82) is 0 Å². The number of fused-ring (bicyclic) bond motifs is 1. The third-order valence-electron chi connectivity index (χ3n) is 12.0. The monoisotopic (exact) mass is 918 g/mol. The van der Waals surface area contributed by atoms with E-state index in [-0.39, 0.29) is 44.1 Å². The summed E-state index contributed by atoms with van der Waals surface area (Å²) in [5.74, 6) is -1.06. The fourth-order valence-corrected chi connectivity index (χ4v) is 14.9. The maximum Gasteiger partial charge on any atom is 2.00 e. The maximum atomic E-state index is 15.1. The van der Waals surface area contributed by atoms with E-state index in [2.05, 4.69) is 158 Å². The maximum absolute atomic E-state index is 15.1. The summed E-state index contributed by atoms with van der Waals surface area (Å²) in [7, 11) is -3.16. The molecule has 3 aliphatic rings. The summed E-state index contributed by atoms with van der Waals surface area (Å²) >= 11 is 0. The SMILES string of the molecule is O=C([N-][C@H]1C2c3ccccc3C(c3ccccc32)[C@@H]1[N-]C(=O)c1ccccc1[PH+](c1ccccc1)c1ccccc1)c1ccccc1[PH+](c1ccccc1)c1ccccc1.[Pd+2]. The van der Waals surface area contributed by atoms with Crippen molar-refractivity contribution in [2.75, 3.05) is 0 Å². The van der Waals surface area contributed by atoms with E-state index in [9.17, 15) is 0 Å². The molecular weight excluding hydrogens is 877 g/mol. The first-order chi connectivity index (χ1) is 29.7. The van der Waals surface area contributed by atoms with Crippen molar-refractivity contribution in [3.63, 3.8) is 0 Å². The smallest absolute Gasteiger partial charge is 0.647 e. The number of hydrogen-bond acceptors (Lipinski definition) is 2. The van der Waals surface area contributed by atoms with Crippen molar-refractivity contribution >= 4 is 59.5 Å². The van der Waals surface area contributed by atoms with Gasteiger partial charge in [-0.1, -0.05) is 146 Å². The summed E-state index contributed by atoms with van der Waals surface area (Å²) in [6, 6.07) is 73.6. The van der Waals surface area contributed by atoms with Crippen molar-refractivity contribution < 1.29 is 30.0 Å². The zero-order chi connectivity index (χ0) is 40.4. The molecule has 0 radical (unpaired) electrons. The third-order valence-corrected chi connectivity index (χ3v) is 17.6. The molecule has 2 atom stereocenters. The number of carbonyl (C=O) groups is 2. The fraction of sp³-hybridized carbons (Fsp3) is 0.0741. The van der Waals surface area contributed by atoms with E-state index in [1.54, 1.807) is 0 Å². The van der Waals surface area contributed by atoms with Crippen LogP contribution in [0.3, 0.4) is 0 Å². The van der Waals surface area contributed by atoms with E-state index in [1.165, 1.54) is 21.2 Å². The number of hydrogen-bond donors (Lipinski definition) is 0. The fourth-order valence-electron chi connectivity index (χ4n) is 9.48. The Hall–Kier alpha value is -5.78. The topological polar surface area (TPSA) is 62.3 Å². The van der Waals surface area contributed by atoms with Crippen molar-refractivity contribution in [3.05, 3.63) is 262 Å². The molecule has 0 spiro atoms. The average Bonchev–Trinajstić information content (AvgIpc) is 3.31. The standard InChI is InChI=1S/C54H42N2O2P2.Pd/c57-53(45-33-17-19-35-47(45)59(37-21-5-1-6-22-37)38-23-7-2-8-24-38)55-51-49-41-29-13-15-31-43(41)50(44-32-16-14-30-42(44)49)52(51)56-54(58)46-34-18-20-36-48(46)60(39-25-9-3-10-26-39)40-27-11-4-12-28-40;/h1-36,49-52H,(H2,55,56,57,58);/q;+2/t49?,50?,51-,52-;/m0./s1. The van der Waals surface area contributed by atoms with Crippen molar-refractivity contribution in [2.45, 2.75) is 23.9 Å². The number of benzene rings is 8. The summed E-state index contributed by atoms with van der Waals surface area (Å²) in [5, 5.41) is 17.2. The number of amides is 2. The van der Waals surface area contributed by atoms with Crippen LogP contribution >= 0.6 is 15.8 Å². The van der Waals surface area contributed by atoms with Crippen molar-refractivity contribution in [3.8, 4) is 0 Å². The van der Waals surface area contributed by atoms with Crippen LogP contribution in [0.4, 0.5) is 0 Å². The summed E-state index contributed by atoms with van der Waals surface area (Å²) in [5.41, 5.74) is 5.77. The van der Waals surface area contributed by atoms with E-state index in [1.807, 2.05) is 60.7 Å². The van der Waals surface area contributed by atoms with Gasteiger partial charge in [0, 0.05) is 11.1 Å². The van der Waals surface area contributed by atoms with Gasteiger partial charge in [-0.15, -0.1) is 12.1 Å². The van der Waals surface area contributed by atoms with E-state index >= 15 is 9.59 Å². The van der Waals surface area contributed by atoms with Crippen LogP contribution in [0.2, 0.25) is 0 Å². The number of nitrogens with zero attached hydrogens (tertiary/aromatic N) is 2. The first-order valence-corrected chi connectivity index (χ1v) is 23.5. The van der Waals surface area contributed by atoms with Gasteiger partial charge in [0.15, 0.2) is 0 Å². The molecule has 11 rings (SSSR count).